The quantitative estimate of drug-likeness (QED) is 0.0549. The fourth-order valence-electron chi connectivity index (χ4n) is 14.0. The van der Waals surface area contributed by atoms with E-state index in [-0.39, 0.29) is 92.5 Å². The predicted octanol–water partition coefficient (Wildman–Crippen LogP) is -2.09. The summed E-state index contributed by atoms with van der Waals surface area (Å²) in [6.45, 7) is 8.18. The van der Waals surface area contributed by atoms with Crippen molar-refractivity contribution in [2.24, 2.45) is 46.3 Å². The van der Waals surface area contributed by atoms with Crippen molar-refractivity contribution in [3.05, 3.63) is 0 Å². The van der Waals surface area contributed by atoms with E-state index in [9.17, 15) is 61.3 Å². The molecule has 402 valence electrons. The van der Waals surface area contributed by atoms with E-state index >= 15 is 0 Å². The van der Waals surface area contributed by atoms with Crippen molar-refractivity contribution in [3.8, 4) is 0 Å². The van der Waals surface area contributed by atoms with Gasteiger partial charge in [-0.25, -0.2) is 0 Å². The highest BCUT2D eigenvalue weighted by Gasteiger charge is 2.67. The molecule has 6 unspecified atom stereocenters. The van der Waals surface area contributed by atoms with E-state index in [1.165, 1.54) is 0 Å². The molecule has 3 heterocycles. The molecule has 3 saturated heterocycles. The third-order valence-electron chi connectivity index (χ3n) is 17.8. The summed E-state index contributed by atoms with van der Waals surface area (Å²) in [5.41, 5.74) is -0.384. The molecule has 0 spiro atoms. The highest BCUT2D eigenvalue weighted by atomic mass is 16.7. The molecule has 0 aromatic rings. The monoisotopic (exact) mass is 997 g/mol. The fourth-order valence-corrected chi connectivity index (χ4v) is 14.0. The van der Waals surface area contributed by atoms with Crippen LogP contribution in [0.15, 0.2) is 0 Å². The van der Waals surface area contributed by atoms with Gasteiger partial charge in [-0.05, 0) is 85.9 Å². The second-order valence-electron chi connectivity index (χ2n) is 21.5. The van der Waals surface area contributed by atoms with Crippen molar-refractivity contribution >= 4 is 0 Å². The molecular formula is C48H84O21. The fraction of sp³-hybridized carbons (Fsp3) is 1.00. The van der Waals surface area contributed by atoms with Crippen LogP contribution in [-0.4, -0.2) is 231 Å². The topological polar surface area (TPSA) is 326 Å². The second kappa shape index (κ2) is 24.2. The van der Waals surface area contributed by atoms with Crippen molar-refractivity contribution < 1.29 is 104 Å². The Hall–Kier alpha value is -0.840. The van der Waals surface area contributed by atoms with Crippen LogP contribution in [-0.2, 0) is 42.6 Å². The van der Waals surface area contributed by atoms with E-state index in [1.54, 1.807) is 0 Å². The van der Waals surface area contributed by atoms with Crippen LogP contribution in [0, 0.1) is 46.3 Å². The number of rotatable bonds is 21. The van der Waals surface area contributed by atoms with Gasteiger partial charge >= 0.3 is 0 Å². The maximum atomic E-state index is 10.6. The molecule has 0 aromatic heterocycles. The average molecular weight is 997 g/mol. The smallest absolute Gasteiger partial charge is 0.186 e. The molecule has 4 aliphatic carbocycles. The summed E-state index contributed by atoms with van der Waals surface area (Å²) in [5, 5.41) is 122. The number of hydrogen-bond donors (Lipinski definition) is 12. The molecule has 7 rings (SSSR count). The molecule has 21 nitrogen and oxygen atoms in total. The van der Waals surface area contributed by atoms with Crippen molar-refractivity contribution in [1.29, 1.82) is 0 Å². The number of hydrogen-bond acceptors (Lipinski definition) is 21. The lowest BCUT2D eigenvalue weighted by atomic mass is 9.43. The van der Waals surface area contributed by atoms with Gasteiger partial charge in [0.15, 0.2) is 18.9 Å². The Labute approximate surface area is 404 Å². The number of fused-ring (bicyclic) bond motifs is 5. The number of aliphatic hydroxyl groups excluding tert-OH is 12. The van der Waals surface area contributed by atoms with Gasteiger partial charge in [0.05, 0.1) is 77.8 Å². The van der Waals surface area contributed by atoms with Crippen molar-refractivity contribution in [2.45, 2.75) is 196 Å². The first kappa shape index (κ1) is 55.9. The van der Waals surface area contributed by atoms with Crippen LogP contribution in [0.1, 0.15) is 85.5 Å². The van der Waals surface area contributed by atoms with E-state index in [0.29, 0.717) is 11.8 Å². The van der Waals surface area contributed by atoms with E-state index in [4.69, 9.17) is 42.6 Å². The molecule has 7 aliphatic rings. The Kier molecular flexibility index (Phi) is 19.6. The van der Waals surface area contributed by atoms with Crippen LogP contribution in [0.4, 0.5) is 0 Å². The number of ether oxygens (including phenoxy) is 9. The van der Waals surface area contributed by atoms with Crippen LogP contribution in [0.5, 0.6) is 0 Å². The Bertz CT molecular complexity index is 1560. The first-order chi connectivity index (χ1) is 32.9. The maximum Gasteiger partial charge on any atom is 0.186 e. The second-order valence-corrected chi connectivity index (χ2v) is 21.5. The van der Waals surface area contributed by atoms with Crippen LogP contribution in [0.3, 0.4) is 0 Å². The lowest BCUT2D eigenvalue weighted by Gasteiger charge is -2.64. The van der Waals surface area contributed by atoms with Gasteiger partial charge in [0.2, 0.25) is 0 Å². The first-order valence-electron chi connectivity index (χ1n) is 25.6. The van der Waals surface area contributed by atoms with Crippen molar-refractivity contribution in [1.82, 2.24) is 0 Å². The van der Waals surface area contributed by atoms with E-state index < -0.39 is 112 Å². The van der Waals surface area contributed by atoms with Gasteiger partial charge in [0, 0.05) is 5.41 Å². The van der Waals surface area contributed by atoms with Crippen LogP contribution in [0.25, 0.3) is 0 Å². The van der Waals surface area contributed by atoms with Crippen LogP contribution in [0.2, 0.25) is 0 Å². The molecule has 0 aromatic carbocycles. The Balaban J connectivity index is 1.07. The van der Waals surface area contributed by atoms with E-state index in [2.05, 4.69) is 27.7 Å². The molecule has 26 atom stereocenters. The molecule has 7 fully saturated rings. The largest absolute Gasteiger partial charge is 0.394 e. The Morgan fingerprint density at radius 1 is 0.522 bits per heavy atom. The summed E-state index contributed by atoms with van der Waals surface area (Å²) in [6, 6.07) is 0. The minimum Gasteiger partial charge on any atom is -0.394 e. The molecule has 21 heteroatoms. The van der Waals surface area contributed by atoms with Gasteiger partial charge in [-0.3, -0.25) is 0 Å². The van der Waals surface area contributed by atoms with Crippen LogP contribution < -0.4 is 0 Å². The van der Waals surface area contributed by atoms with E-state index in [0.717, 1.165) is 57.8 Å². The van der Waals surface area contributed by atoms with Gasteiger partial charge in [-0.1, -0.05) is 40.5 Å². The van der Waals surface area contributed by atoms with Crippen molar-refractivity contribution in [3.63, 3.8) is 0 Å². The van der Waals surface area contributed by atoms with Crippen LogP contribution >= 0.6 is 0 Å². The standard InChI is InChI=1S/C48H84O21/c1-5-6-23(2)26-7-8-27-34-28(19-33(48(26,27)4)63-13-16-66-46-43(60)40(57)37(54)32(22-51)69-46)47(3)10-9-25(61-11-14-64-44-41(58)38(55)35(52)30(20-49)67-44)17-24(47)18-29(34)62-12-15-65-45-42(59)39(56)36(53)31(21-50)68-45/h23-46,49-60H,5-22H2,1-4H3/t23-,24+,25-,26-,27+,28+,29-,30?,31?,32?,33+,34+,35-,36-,37-,38+,39+,40+,41?,42?,43?,44-,45-,46-,47+,48-/m1/s1. The number of aliphatic hydroxyl groups is 12. The maximum absolute atomic E-state index is 10.6. The summed E-state index contributed by atoms with van der Waals surface area (Å²) < 4.78 is 54.6. The highest BCUT2D eigenvalue weighted by molar-refractivity contribution is 5.15. The van der Waals surface area contributed by atoms with Gasteiger partial charge < -0.3 is 104 Å². The molecule has 69 heavy (non-hydrogen) atoms. The van der Waals surface area contributed by atoms with Crippen molar-refractivity contribution in [2.75, 3.05) is 59.5 Å². The summed E-state index contributed by atoms with van der Waals surface area (Å²) in [5.74, 6) is 1.48. The average Bonchev–Trinajstić information content (AvgIpc) is 3.70. The normalized spacial score (nSPS) is 49.5. The minimum atomic E-state index is -1.57. The van der Waals surface area contributed by atoms with Gasteiger partial charge in [0.25, 0.3) is 0 Å². The lowest BCUT2D eigenvalue weighted by molar-refractivity contribution is -0.305. The predicted molar refractivity (Wildman–Crippen MR) is 238 cm³/mol. The lowest BCUT2D eigenvalue weighted by Crippen LogP contribution is -2.63. The Morgan fingerprint density at radius 2 is 0.986 bits per heavy atom. The third kappa shape index (κ3) is 11.4. The zero-order valence-corrected chi connectivity index (χ0v) is 40.6. The summed E-state index contributed by atoms with van der Waals surface area (Å²) in [6.07, 6.45) is -13.3. The molecule has 4 saturated carbocycles. The van der Waals surface area contributed by atoms with Gasteiger partial charge in [0.1, 0.15) is 73.2 Å². The SMILES string of the molecule is CCC[C@@H](C)[C@H]1CC[C@H]2[C@@H]3[C@H](OCCO[C@@H]4OC(CO)[C@@H](O)[C@H](O)C4O)C[C@@H]4C[C@H](OCCO[C@@H]5OC(CO)[C@@H](O)[C@H](O)C5O)CC[C@]4(C)[C@H]3C[C@H](OCCO[C@@H]3OC(CO)[C@@H](O)[C@H](O)C3O)[C@]12C. The summed E-state index contributed by atoms with van der Waals surface area (Å²) in [7, 11) is 0. The molecule has 0 bridgehead atoms. The van der Waals surface area contributed by atoms with Gasteiger partial charge in [-0.2, -0.15) is 0 Å². The van der Waals surface area contributed by atoms with Gasteiger partial charge in [-0.15, -0.1) is 0 Å². The zero-order valence-electron chi connectivity index (χ0n) is 40.6. The first-order valence-corrected chi connectivity index (χ1v) is 25.6. The zero-order chi connectivity index (χ0) is 49.9. The molecule has 0 amide bonds. The summed E-state index contributed by atoms with van der Waals surface area (Å²) >= 11 is 0. The molecular weight excluding hydrogens is 913 g/mol. The minimum absolute atomic E-state index is 0.0109. The summed E-state index contributed by atoms with van der Waals surface area (Å²) in [4.78, 5) is 0. The molecule has 12 N–H and O–H groups in total. The Morgan fingerprint density at radius 3 is 1.46 bits per heavy atom. The third-order valence-corrected chi connectivity index (χ3v) is 17.8. The molecule has 3 aliphatic heterocycles. The highest BCUT2D eigenvalue weighted by Crippen LogP contribution is 2.69. The van der Waals surface area contributed by atoms with E-state index in [1.807, 2.05) is 0 Å². The molecule has 0 radical (unpaired) electrons.